The van der Waals surface area contributed by atoms with Crippen LogP contribution >= 0.6 is 0 Å². The van der Waals surface area contributed by atoms with Crippen LogP contribution in [0.1, 0.15) is 52.4 Å². The van der Waals surface area contributed by atoms with E-state index in [2.05, 4.69) is 66.8 Å². The maximum Gasteiger partial charge on any atom is 0.337 e. The molecular weight excluding hydrogens is 422 g/mol. The van der Waals surface area contributed by atoms with Gasteiger partial charge in [-0.1, -0.05) is 72.8 Å². The van der Waals surface area contributed by atoms with Crippen LogP contribution in [0.15, 0.2) is 91.0 Å². The topological polar surface area (TPSA) is 47.6 Å². The Kier molecular flexibility index (Phi) is 6.33. The van der Waals surface area contributed by atoms with E-state index < -0.39 is 0 Å². The number of para-hydroxylation sites is 1. The van der Waals surface area contributed by atoms with Gasteiger partial charge in [-0.05, 0) is 53.4 Å². The lowest BCUT2D eigenvalue weighted by Crippen LogP contribution is -2.37. The Balaban J connectivity index is 1.35. The Labute approximate surface area is 200 Å². The summed E-state index contributed by atoms with van der Waals surface area (Å²) in [7, 11) is 1.40. The van der Waals surface area contributed by atoms with Crippen LogP contribution in [0.2, 0.25) is 0 Å². The van der Waals surface area contributed by atoms with Crippen LogP contribution < -0.4 is 10.1 Å². The van der Waals surface area contributed by atoms with Crippen LogP contribution in [-0.4, -0.2) is 25.7 Å². The predicted octanol–water partition coefficient (Wildman–Crippen LogP) is 6.26. The third kappa shape index (κ3) is 4.42. The highest BCUT2D eigenvalue weighted by molar-refractivity contribution is 5.89. The van der Waals surface area contributed by atoms with Gasteiger partial charge in [0.25, 0.3) is 0 Å². The molecule has 1 N–H and O–H groups in total. The van der Waals surface area contributed by atoms with Crippen molar-refractivity contribution in [3.8, 4) is 5.75 Å². The predicted molar refractivity (Wildman–Crippen MR) is 135 cm³/mol. The molecule has 0 radical (unpaired) electrons. The van der Waals surface area contributed by atoms with Gasteiger partial charge in [0.2, 0.25) is 0 Å². The van der Waals surface area contributed by atoms with Gasteiger partial charge < -0.3 is 14.8 Å². The van der Waals surface area contributed by atoms with Crippen LogP contribution in [-0.2, 0) is 4.74 Å². The third-order valence-corrected chi connectivity index (χ3v) is 6.76. The quantitative estimate of drug-likeness (QED) is 0.352. The lowest BCUT2D eigenvalue weighted by Gasteiger charge is -2.33. The Bertz CT molecular complexity index is 1290. The van der Waals surface area contributed by atoms with Crippen molar-refractivity contribution in [1.82, 2.24) is 5.32 Å². The van der Waals surface area contributed by atoms with Gasteiger partial charge in [-0.2, -0.15) is 0 Å². The number of carbonyl (C=O) groups is 1. The number of carbonyl (C=O) groups excluding carboxylic acids is 1. The van der Waals surface area contributed by atoms with Crippen molar-refractivity contribution in [3.05, 3.63) is 113 Å². The summed E-state index contributed by atoms with van der Waals surface area (Å²) in [5.41, 5.74) is 4.22. The molecule has 0 aliphatic carbocycles. The zero-order valence-electron chi connectivity index (χ0n) is 19.5. The standard InChI is InChI=1S/C30H29NO3/c1-20(25-12-7-9-21-8-3-4-10-26(21)25)31-19-24-18-28(27-11-5-6-13-29(27)34-24)22-14-16-23(17-15-22)30(32)33-2/h3-17,20,24,28,31H,18-19H2,1-2H3/t20?,24-,28+/m1/s1. The number of hydrogen-bond acceptors (Lipinski definition) is 4. The summed E-state index contributed by atoms with van der Waals surface area (Å²) < 4.78 is 11.2. The summed E-state index contributed by atoms with van der Waals surface area (Å²) in [5.74, 6) is 0.820. The average Bonchev–Trinajstić information content (AvgIpc) is 2.90. The van der Waals surface area contributed by atoms with E-state index in [0.29, 0.717) is 5.56 Å². The Morgan fingerprint density at radius 2 is 1.71 bits per heavy atom. The van der Waals surface area contributed by atoms with Gasteiger partial charge in [0, 0.05) is 24.1 Å². The van der Waals surface area contributed by atoms with Crippen molar-refractivity contribution in [1.29, 1.82) is 0 Å². The zero-order chi connectivity index (χ0) is 23.5. The molecule has 5 rings (SSSR count). The first kappa shape index (κ1) is 22.2. The summed E-state index contributed by atoms with van der Waals surface area (Å²) in [6, 6.07) is 31.2. The minimum Gasteiger partial charge on any atom is -0.489 e. The molecule has 34 heavy (non-hydrogen) atoms. The fourth-order valence-corrected chi connectivity index (χ4v) is 4.95. The molecule has 0 bridgehead atoms. The Hall–Kier alpha value is -3.63. The molecule has 4 nitrogen and oxygen atoms in total. The molecule has 1 aliphatic rings. The fourth-order valence-electron chi connectivity index (χ4n) is 4.95. The van der Waals surface area contributed by atoms with Gasteiger partial charge in [-0.15, -0.1) is 0 Å². The molecule has 0 saturated carbocycles. The Morgan fingerprint density at radius 3 is 2.53 bits per heavy atom. The number of esters is 1. The van der Waals surface area contributed by atoms with Crippen molar-refractivity contribution in [2.24, 2.45) is 0 Å². The number of nitrogens with one attached hydrogen (secondary N) is 1. The largest absolute Gasteiger partial charge is 0.489 e. The molecule has 1 unspecified atom stereocenters. The monoisotopic (exact) mass is 451 g/mol. The highest BCUT2D eigenvalue weighted by atomic mass is 16.5. The van der Waals surface area contributed by atoms with Crippen molar-refractivity contribution < 1.29 is 14.3 Å². The SMILES string of the molecule is COC(=O)c1ccc([C@@H]2C[C@H](CNC(C)c3cccc4ccccc34)Oc3ccccc32)cc1. The molecule has 0 amide bonds. The summed E-state index contributed by atoms with van der Waals surface area (Å²) in [4.78, 5) is 11.8. The lowest BCUT2D eigenvalue weighted by atomic mass is 9.84. The maximum atomic E-state index is 11.8. The minimum atomic E-state index is -0.316. The molecule has 4 heteroatoms. The molecule has 172 valence electrons. The molecular formula is C30H29NO3. The molecule has 3 atom stereocenters. The van der Waals surface area contributed by atoms with Crippen molar-refractivity contribution >= 4 is 16.7 Å². The van der Waals surface area contributed by atoms with E-state index in [-0.39, 0.29) is 24.0 Å². The van der Waals surface area contributed by atoms with E-state index in [1.165, 1.54) is 34.6 Å². The molecule has 0 aromatic heterocycles. The first-order chi connectivity index (χ1) is 16.6. The second-order valence-corrected chi connectivity index (χ2v) is 8.88. The van der Waals surface area contributed by atoms with Gasteiger partial charge in [-0.25, -0.2) is 4.79 Å². The second kappa shape index (κ2) is 9.70. The van der Waals surface area contributed by atoms with E-state index in [1.54, 1.807) is 0 Å². The lowest BCUT2D eigenvalue weighted by molar-refractivity contribution is 0.0600. The summed E-state index contributed by atoms with van der Waals surface area (Å²) in [5, 5.41) is 6.25. The number of ether oxygens (including phenoxy) is 2. The number of methoxy groups -OCH3 is 1. The van der Waals surface area contributed by atoms with Crippen LogP contribution in [0.5, 0.6) is 5.75 Å². The molecule has 4 aromatic rings. The smallest absolute Gasteiger partial charge is 0.337 e. The molecule has 1 heterocycles. The average molecular weight is 452 g/mol. The van der Waals surface area contributed by atoms with Crippen molar-refractivity contribution in [3.63, 3.8) is 0 Å². The molecule has 0 fully saturated rings. The van der Waals surface area contributed by atoms with Gasteiger partial charge in [0.15, 0.2) is 0 Å². The number of fused-ring (bicyclic) bond motifs is 2. The van der Waals surface area contributed by atoms with E-state index in [9.17, 15) is 4.79 Å². The van der Waals surface area contributed by atoms with Crippen molar-refractivity contribution in [2.75, 3.05) is 13.7 Å². The summed E-state index contributed by atoms with van der Waals surface area (Å²) in [6.45, 7) is 2.96. The first-order valence-corrected chi connectivity index (χ1v) is 11.8. The van der Waals surface area contributed by atoms with Crippen LogP contribution in [0.3, 0.4) is 0 Å². The van der Waals surface area contributed by atoms with E-state index in [1.807, 2.05) is 36.4 Å². The van der Waals surface area contributed by atoms with Crippen LogP contribution in [0, 0.1) is 0 Å². The maximum absolute atomic E-state index is 11.8. The van der Waals surface area contributed by atoms with Crippen LogP contribution in [0.4, 0.5) is 0 Å². The van der Waals surface area contributed by atoms with Crippen molar-refractivity contribution in [2.45, 2.75) is 31.4 Å². The summed E-state index contributed by atoms with van der Waals surface area (Å²) in [6.07, 6.45) is 0.904. The van der Waals surface area contributed by atoms with Gasteiger partial charge in [0.1, 0.15) is 11.9 Å². The summed E-state index contributed by atoms with van der Waals surface area (Å²) >= 11 is 0. The normalized spacial score (nSPS) is 18.1. The fraction of sp³-hybridized carbons (Fsp3) is 0.233. The molecule has 0 spiro atoms. The number of hydrogen-bond donors (Lipinski definition) is 1. The van der Waals surface area contributed by atoms with Crippen LogP contribution in [0.25, 0.3) is 10.8 Å². The van der Waals surface area contributed by atoms with E-state index in [4.69, 9.17) is 9.47 Å². The number of benzene rings is 4. The Morgan fingerprint density at radius 1 is 0.971 bits per heavy atom. The highest BCUT2D eigenvalue weighted by Crippen LogP contribution is 2.40. The van der Waals surface area contributed by atoms with E-state index >= 15 is 0 Å². The molecule has 0 saturated heterocycles. The first-order valence-electron chi connectivity index (χ1n) is 11.8. The van der Waals surface area contributed by atoms with Gasteiger partial charge in [-0.3, -0.25) is 0 Å². The third-order valence-electron chi connectivity index (χ3n) is 6.76. The highest BCUT2D eigenvalue weighted by Gasteiger charge is 2.29. The molecule has 4 aromatic carbocycles. The minimum absolute atomic E-state index is 0.0395. The number of rotatable bonds is 6. The second-order valence-electron chi connectivity index (χ2n) is 8.88. The molecule has 1 aliphatic heterocycles. The van der Waals surface area contributed by atoms with Gasteiger partial charge in [0.05, 0.1) is 12.7 Å². The van der Waals surface area contributed by atoms with E-state index in [0.717, 1.165) is 18.7 Å². The van der Waals surface area contributed by atoms with Gasteiger partial charge >= 0.3 is 5.97 Å². The zero-order valence-corrected chi connectivity index (χ0v) is 19.5.